The van der Waals surface area contributed by atoms with Gasteiger partial charge in [-0.1, -0.05) is 25.5 Å². The van der Waals surface area contributed by atoms with Gasteiger partial charge in [0, 0.05) is 6.54 Å². The molecule has 2 N–H and O–H groups in total. The minimum atomic E-state index is -4.05. The molecule has 1 unspecified atom stereocenters. The number of hydrogen-bond acceptors (Lipinski definition) is 6. The molecule has 0 spiro atoms. The highest BCUT2D eigenvalue weighted by Crippen LogP contribution is 2.29. The van der Waals surface area contributed by atoms with Gasteiger partial charge in [-0.3, -0.25) is 19.8 Å². The third-order valence-corrected chi connectivity index (χ3v) is 5.25. The molecule has 0 aliphatic carbocycles. The number of unbranched alkanes of at least 4 members (excludes halogenated alkanes) is 1. The first-order chi connectivity index (χ1) is 11.8. The van der Waals surface area contributed by atoms with Gasteiger partial charge in [0.25, 0.3) is 15.9 Å². The Labute approximate surface area is 144 Å². The molecule has 1 atom stereocenters. The van der Waals surface area contributed by atoms with Crippen molar-refractivity contribution in [1.29, 1.82) is 0 Å². The number of anilines is 1. The van der Waals surface area contributed by atoms with Crippen molar-refractivity contribution in [3.8, 4) is 0 Å². The Morgan fingerprint density at radius 3 is 2.60 bits per heavy atom. The van der Waals surface area contributed by atoms with E-state index >= 15 is 0 Å². The molecule has 2 aliphatic rings. The summed E-state index contributed by atoms with van der Waals surface area (Å²) in [5.74, 6) is -3.51. The van der Waals surface area contributed by atoms with E-state index in [1.54, 1.807) is 12.1 Å². The highest BCUT2D eigenvalue weighted by molar-refractivity contribution is 7.90. The summed E-state index contributed by atoms with van der Waals surface area (Å²) in [4.78, 5) is 37.5. The van der Waals surface area contributed by atoms with E-state index in [1.165, 1.54) is 12.1 Å². The molecular weight excluding hydrogens is 348 g/mol. The number of hydrogen-bond donors (Lipinski definition) is 2. The van der Waals surface area contributed by atoms with Crippen LogP contribution in [0.3, 0.4) is 0 Å². The predicted molar refractivity (Wildman–Crippen MR) is 88.3 cm³/mol. The lowest BCUT2D eigenvalue weighted by Gasteiger charge is -2.31. The molecule has 4 amide bonds. The van der Waals surface area contributed by atoms with Crippen LogP contribution in [0.2, 0.25) is 0 Å². The summed E-state index contributed by atoms with van der Waals surface area (Å²) in [7, 11) is -4.05. The monoisotopic (exact) mass is 364 g/mol. The lowest BCUT2D eigenvalue weighted by molar-refractivity contribution is -0.139. The predicted octanol–water partition coefficient (Wildman–Crippen LogP) is 0.694. The van der Waals surface area contributed by atoms with Crippen LogP contribution in [0, 0.1) is 5.92 Å². The number of sulfonamides is 1. The van der Waals surface area contributed by atoms with Crippen molar-refractivity contribution in [2.45, 2.75) is 24.7 Å². The molecule has 0 aromatic heterocycles. The molecule has 9 nitrogen and oxygen atoms in total. The van der Waals surface area contributed by atoms with Crippen LogP contribution in [-0.2, 0) is 19.6 Å². The third-order valence-electron chi connectivity index (χ3n) is 3.91. The normalized spacial score (nSPS) is 22.0. The number of amides is 4. The number of nitrogens with one attached hydrogen (secondary N) is 2. The molecular formula is C15H16N4O5S. The number of urea groups is 1. The van der Waals surface area contributed by atoms with Gasteiger partial charge in [0.2, 0.25) is 5.91 Å². The molecule has 1 fully saturated rings. The maximum absolute atomic E-state index is 12.6. The van der Waals surface area contributed by atoms with Gasteiger partial charge in [-0.25, -0.2) is 4.79 Å². The molecule has 0 radical (unpaired) electrons. The van der Waals surface area contributed by atoms with E-state index in [0.717, 1.165) is 11.3 Å². The Balaban J connectivity index is 1.98. The SMILES string of the molecule is CCCCN1C(=O)NC(=O)C(C2=NS(=O)(=O)c3ccccc3N2)C1=O. The summed E-state index contributed by atoms with van der Waals surface area (Å²) < 4.78 is 28.2. The van der Waals surface area contributed by atoms with Crippen LogP contribution in [0.15, 0.2) is 33.6 Å². The number of para-hydroxylation sites is 1. The molecule has 1 aromatic rings. The van der Waals surface area contributed by atoms with E-state index in [-0.39, 0.29) is 23.0 Å². The highest BCUT2D eigenvalue weighted by atomic mass is 32.2. The van der Waals surface area contributed by atoms with Crippen molar-refractivity contribution in [2.75, 3.05) is 11.9 Å². The largest absolute Gasteiger partial charge is 0.341 e. The molecule has 25 heavy (non-hydrogen) atoms. The van der Waals surface area contributed by atoms with Crippen molar-refractivity contribution in [3.63, 3.8) is 0 Å². The van der Waals surface area contributed by atoms with Crippen molar-refractivity contribution >= 4 is 39.4 Å². The zero-order valence-electron chi connectivity index (χ0n) is 13.4. The van der Waals surface area contributed by atoms with Crippen molar-refractivity contribution in [2.24, 2.45) is 10.3 Å². The van der Waals surface area contributed by atoms with Gasteiger partial charge in [0.05, 0.1) is 5.69 Å². The number of rotatable bonds is 4. The number of nitrogens with zero attached hydrogens (tertiary/aromatic N) is 2. The molecule has 1 aromatic carbocycles. The van der Waals surface area contributed by atoms with Crippen LogP contribution in [-0.4, -0.2) is 43.5 Å². The van der Waals surface area contributed by atoms with E-state index in [9.17, 15) is 22.8 Å². The van der Waals surface area contributed by atoms with Crippen LogP contribution < -0.4 is 10.6 Å². The van der Waals surface area contributed by atoms with Crippen molar-refractivity contribution < 1.29 is 22.8 Å². The molecule has 2 heterocycles. The molecule has 132 valence electrons. The first-order valence-electron chi connectivity index (χ1n) is 7.72. The van der Waals surface area contributed by atoms with E-state index < -0.39 is 33.8 Å². The van der Waals surface area contributed by atoms with E-state index in [4.69, 9.17) is 0 Å². The smallest absolute Gasteiger partial charge is 0.330 e. The van der Waals surface area contributed by atoms with Crippen LogP contribution in [0.1, 0.15) is 19.8 Å². The molecule has 10 heteroatoms. The second-order valence-corrected chi connectivity index (χ2v) is 7.22. The number of carbonyl (C=O) groups excluding carboxylic acids is 3. The quantitative estimate of drug-likeness (QED) is 0.758. The van der Waals surface area contributed by atoms with Gasteiger partial charge < -0.3 is 5.32 Å². The van der Waals surface area contributed by atoms with Crippen molar-refractivity contribution in [1.82, 2.24) is 10.2 Å². The van der Waals surface area contributed by atoms with Crippen LogP contribution >= 0.6 is 0 Å². The number of amidine groups is 1. The van der Waals surface area contributed by atoms with Crippen LogP contribution in [0.5, 0.6) is 0 Å². The topological polar surface area (TPSA) is 125 Å². The highest BCUT2D eigenvalue weighted by Gasteiger charge is 2.45. The Hall–Kier alpha value is -2.75. The van der Waals surface area contributed by atoms with Crippen LogP contribution in [0.4, 0.5) is 10.5 Å². The number of imide groups is 2. The second kappa shape index (κ2) is 6.28. The first kappa shape index (κ1) is 17.1. The summed E-state index contributed by atoms with van der Waals surface area (Å²) in [6.07, 6.45) is 1.32. The number of fused-ring (bicyclic) bond motifs is 1. The van der Waals surface area contributed by atoms with E-state index in [2.05, 4.69) is 15.0 Å². The Morgan fingerprint density at radius 1 is 1.16 bits per heavy atom. The van der Waals surface area contributed by atoms with Crippen LogP contribution in [0.25, 0.3) is 0 Å². The third kappa shape index (κ3) is 3.00. The lowest BCUT2D eigenvalue weighted by Crippen LogP contribution is -2.61. The van der Waals surface area contributed by atoms with E-state index in [1.807, 2.05) is 6.92 Å². The summed E-state index contributed by atoms with van der Waals surface area (Å²) in [5.41, 5.74) is 0.227. The minimum Gasteiger partial charge on any atom is -0.341 e. The maximum Gasteiger partial charge on any atom is 0.330 e. The van der Waals surface area contributed by atoms with Gasteiger partial charge in [-0.05, 0) is 18.6 Å². The average Bonchev–Trinajstić information content (AvgIpc) is 2.54. The van der Waals surface area contributed by atoms with Gasteiger partial charge in [0.15, 0.2) is 5.92 Å². The maximum atomic E-state index is 12.6. The Kier molecular flexibility index (Phi) is 4.29. The summed E-state index contributed by atoms with van der Waals surface area (Å²) in [5, 5.41) is 4.80. The second-order valence-electron chi connectivity index (χ2n) is 5.64. The van der Waals surface area contributed by atoms with Crippen molar-refractivity contribution in [3.05, 3.63) is 24.3 Å². The van der Waals surface area contributed by atoms with Gasteiger partial charge >= 0.3 is 6.03 Å². The number of carbonyl (C=O) groups is 3. The van der Waals surface area contributed by atoms with Gasteiger partial charge in [-0.2, -0.15) is 8.42 Å². The van der Waals surface area contributed by atoms with Gasteiger partial charge in [-0.15, -0.1) is 4.40 Å². The Morgan fingerprint density at radius 2 is 1.88 bits per heavy atom. The average molecular weight is 364 g/mol. The number of barbiturate groups is 1. The minimum absolute atomic E-state index is 0.0404. The fourth-order valence-corrected chi connectivity index (χ4v) is 3.80. The van der Waals surface area contributed by atoms with E-state index in [0.29, 0.717) is 6.42 Å². The fourth-order valence-electron chi connectivity index (χ4n) is 2.64. The summed E-state index contributed by atoms with van der Waals surface area (Å²) in [6.45, 7) is 2.03. The molecule has 0 saturated carbocycles. The molecule has 0 bridgehead atoms. The molecule has 2 aliphatic heterocycles. The lowest BCUT2D eigenvalue weighted by atomic mass is 10.0. The summed E-state index contributed by atoms with van der Waals surface area (Å²) >= 11 is 0. The fraction of sp³-hybridized carbons (Fsp3) is 0.333. The molecule has 1 saturated heterocycles. The standard InChI is InChI=1S/C15H16N4O5S/c1-2-3-8-19-14(21)11(13(20)17-15(19)22)12-16-9-6-4-5-7-10(9)25(23,24)18-12/h4-7,11H,2-3,8H2,1H3,(H,16,18)(H,17,20,22). The zero-order chi connectivity index (χ0) is 18.2. The molecule has 3 rings (SSSR count). The first-order valence-corrected chi connectivity index (χ1v) is 9.16. The van der Waals surface area contributed by atoms with Gasteiger partial charge in [0.1, 0.15) is 10.7 Å². The Bertz CT molecular complexity index is 893. The number of benzene rings is 1. The zero-order valence-corrected chi connectivity index (χ0v) is 14.2. The summed E-state index contributed by atoms with van der Waals surface area (Å²) in [6, 6.07) is 5.23.